The highest BCUT2D eigenvalue weighted by Crippen LogP contribution is 2.47. The molecule has 0 bridgehead atoms. The topological polar surface area (TPSA) is 116 Å². The van der Waals surface area contributed by atoms with Crippen LogP contribution in [0.3, 0.4) is 0 Å². The van der Waals surface area contributed by atoms with Crippen molar-refractivity contribution in [3.8, 4) is 16.2 Å². The van der Waals surface area contributed by atoms with Gasteiger partial charge in [-0.05, 0) is 67.6 Å². The molecule has 1 saturated carbocycles. The molecule has 2 fully saturated rings. The fraction of sp³-hybridized carbons (Fsp3) is 0.455. The van der Waals surface area contributed by atoms with Crippen LogP contribution in [-0.4, -0.2) is 38.6 Å². The number of nitrogens with one attached hydrogen (secondary N) is 1. The van der Waals surface area contributed by atoms with E-state index in [9.17, 15) is 18.0 Å². The van der Waals surface area contributed by atoms with Gasteiger partial charge in [0.15, 0.2) is 16.4 Å². The predicted octanol–water partition coefficient (Wildman–Crippen LogP) is 2.74. The van der Waals surface area contributed by atoms with E-state index in [1.807, 2.05) is 18.2 Å². The van der Waals surface area contributed by atoms with Gasteiger partial charge in [0.05, 0.1) is 12.2 Å². The fourth-order valence-corrected chi connectivity index (χ4v) is 7.79. The summed E-state index contributed by atoms with van der Waals surface area (Å²) in [6.45, 7) is -0.0213. The summed E-state index contributed by atoms with van der Waals surface area (Å²) in [5.41, 5.74) is 6.35. The minimum absolute atomic E-state index is 0.0213. The maximum atomic E-state index is 13.0. The van der Waals surface area contributed by atoms with Gasteiger partial charge in [0, 0.05) is 15.8 Å². The van der Waals surface area contributed by atoms with Gasteiger partial charge in [0.1, 0.15) is 10.5 Å². The minimum Gasteiger partial charge on any atom is -0.484 e. The average molecular weight is 463 g/mol. The molecule has 0 radical (unpaired) electrons. The van der Waals surface area contributed by atoms with Crippen LogP contribution in [0, 0.1) is 0 Å². The highest BCUT2D eigenvalue weighted by molar-refractivity contribution is 7.92. The highest BCUT2D eigenvalue weighted by Gasteiger charge is 2.48. The standard InChI is InChI=1S/C22H26N2O5S2/c23-20(25)13-22(11-1-2-12-31(22,27)28)19-10-9-18(30-19)15-3-7-17(8-4-15)29-14-21(26)24-16-5-6-16/h3-4,7-10,16H,1-2,5-6,11-14H2,(H2,23,25)(H,24,26). The second kappa shape index (κ2) is 8.63. The summed E-state index contributed by atoms with van der Waals surface area (Å²) in [4.78, 5) is 25.1. The molecular formula is C22H26N2O5S2. The molecular weight excluding hydrogens is 436 g/mol. The Hall–Kier alpha value is -2.39. The van der Waals surface area contributed by atoms with E-state index in [1.54, 1.807) is 18.2 Å². The van der Waals surface area contributed by atoms with Crippen LogP contribution in [-0.2, 0) is 24.2 Å². The van der Waals surface area contributed by atoms with E-state index < -0.39 is 20.5 Å². The number of ether oxygens (including phenoxy) is 1. The first-order chi connectivity index (χ1) is 14.8. The molecule has 4 rings (SSSR count). The second-order valence-electron chi connectivity index (χ2n) is 8.23. The van der Waals surface area contributed by atoms with Crippen LogP contribution in [0.4, 0.5) is 0 Å². The van der Waals surface area contributed by atoms with Gasteiger partial charge in [0.2, 0.25) is 5.91 Å². The largest absolute Gasteiger partial charge is 0.484 e. The Balaban J connectivity index is 1.50. The van der Waals surface area contributed by atoms with Gasteiger partial charge in [-0.1, -0.05) is 6.42 Å². The van der Waals surface area contributed by atoms with Crippen molar-refractivity contribution in [1.29, 1.82) is 0 Å². The number of benzene rings is 1. The lowest BCUT2D eigenvalue weighted by atomic mass is 9.94. The zero-order valence-corrected chi connectivity index (χ0v) is 18.8. The Morgan fingerprint density at radius 1 is 1.13 bits per heavy atom. The van der Waals surface area contributed by atoms with E-state index in [4.69, 9.17) is 10.5 Å². The van der Waals surface area contributed by atoms with Crippen molar-refractivity contribution in [2.75, 3.05) is 12.4 Å². The van der Waals surface area contributed by atoms with Crippen LogP contribution in [0.2, 0.25) is 0 Å². The fourth-order valence-electron chi connectivity index (χ4n) is 4.00. The number of carbonyl (C=O) groups excluding carboxylic acids is 2. The summed E-state index contributed by atoms with van der Waals surface area (Å²) in [6.07, 6.45) is 3.65. The molecule has 166 valence electrons. The summed E-state index contributed by atoms with van der Waals surface area (Å²) in [6, 6.07) is 11.3. The van der Waals surface area contributed by atoms with Crippen molar-refractivity contribution in [3.05, 3.63) is 41.3 Å². The smallest absolute Gasteiger partial charge is 0.258 e. The van der Waals surface area contributed by atoms with Gasteiger partial charge in [-0.3, -0.25) is 9.59 Å². The Labute approximate surface area is 185 Å². The molecule has 3 N–H and O–H groups in total. The number of rotatable bonds is 8. The second-order valence-corrected chi connectivity index (χ2v) is 11.7. The zero-order chi connectivity index (χ0) is 22.1. The summed E-state index contributed by atoms with van der Waals surface area (Å²) in [5.74, 6) is -0.0597. The van der Waals surface area contributed by atoms with E-state index in [0.29, 0.717) is 29.5 Å². The van der Waals surface area contributed by atoms with Crippen LogP contribution in [0.1, 0.15) is 43.4 Å². The van der Waals surface area contributed by atoms with Crippen LogP contribution < -0.4 is 15.8 Å². The summed E-state index contributed by atoms with van der Waals surface area (Å²) >= 11 is 1.38. The number of thiophene rings is 1. The lowest BCUT2D eigenvalue weighted by Gasteiger charge is -2.35. The van der Waals surface area contributed by atoms with Crippen molar-refractivity contribution in [2.24, 2.45) is 5.73 Å². The maximum Gasteiger partial charge on any atom is 0.258 e. The molecule has 31 heavy (non-hydrogen) atoms. The number of amides is 2. The van der Waals surface area contributed by atoms with Crippen LogP contribution >= 0.6 is 11.3 Å². The number of sulfone groups is 1. The molecule has 1 aliphatic carbocycles. The van der Waals surface area contributed by atoms with Crippen LogP contribution in [0.5, 0.6) is 5.75 Å². The molecule has 1 aliphatic heterocycles. The van der Waals surface area contributed by atoms with Gasteiger partial charge >= 0.3 is 0 Å². The molecule has 1 aromatic carbocycles. The molecule has 2 aliphatic rings. The number of primary amides is 1. The highest BCUT2D eigenvalue weighted by atomic mass is 32.2. The quantitative estimate of drug-likeness (QED) is 0.626. The number of hydrogen-bond donors (Lipinski definition) is 2. The first-order valence-corrected chi connectivity index (χ1v) is 12.9. The van der Waals surface area contributed by atoms with Gasteiger partial charge < -0.3 is 15.8 Å². The van der Waals surface area contributed by atoms with Crippen LogP contribution in [0.15, 0.2) is 36.4 Å². The number of hydrogen-bond acceptors (Lipinski definition) is 6. The maximum absolute atomic E-state index is 13.0. The van der Waals surface area contributed by atoms with Gasteiger partial charge in [-0.25, -0.2) is 8.42 Å². The van der Waals surface area contributed by atoms with Crippen molar-refractivity contribution in [1.82, 2.24) is 5.32 Å². The molecule has 9 heteroatoms. The molecule has 1 saturated heterocycles. The Morgan fingerprint density at radius 2 is 1.87 bits per heavy atom. The monoisotopic (exact) mass is 462 g/mol. The van der Waals surface area contributed by atoms with Crippen molar-refractivity contribution < 1.29 is 22.7 Å². The van der Waals surface area contributed by atoms with Crippen molar-refractivity contribution in [2.45, 2.75) is 49.3 Å². The summed E-state index contributed by atoms with van der Waals surface area (Å²) in [5, 5.41) is 2.87. The molecule has 2 aromatic rings. The third kappa shape index (κ3) is 4.77. The lowest BCUT2D eigenvalue weighted by Crippen LogP contribution is -2.43. The summed E-state index contributed by atoms with van der Waals surface area (Å²) < 4.78 is 30.3. The molecule has 1 unspecified atom stereocenters. The molecule has 7 nitrogen and oxygen atoms in total. The Bertz CT molecular complexity index is 1070. The zero-order valence-electron chi connectivity index (χ0n) is 17.1. The first kappa shape index (κ1) is 21.8. The van der Waals surface area contributed by atoms with E-state index in [0.717, 1.165) is 29.7 Å². The van der Waals surface area contributed by atoms with E-state index in [2.05, 4.69) is 5.32 Å². The van der Waals surface area contributed by atoms with E-state index >= 15 is 0 Å². The molecule has 1 atom stereocenters. The third-order valence-corrected chi connectivity index (χ3v) is 9.86. The Kier molecular flexibility index (Phi) is 6.07. The van der Waals surface area contributed by atoms with E-state index in [1.165, 1.54) is 11.3 Å². The predicted molar refractivity (Wildman–Crippen MR) is 120 cm³/mol. The van der Waals surface area contributed by atoms with E-state index in [-0.39, 0.29) is 24.7 Å². The van der Waals surface area contributed by atoms with Crippen LogP contribution in [0.25, 0.3) is 10.4 Å². The SMILES string of the molecule is NC(=O)CC1(c2ccc(-c3ccc(OCC(=O)NC4CC4)cc3)s2)CCCCS1(=O)=O. The van der Waals surface area contributed by atoms with Gasteiger partial charge in [-0.15, -0.1) is 11.3 Å². The molecule has 0 spiro atoms. The summed E-state index contributed by atoms with van der Waals surface area (Å²) in [7, 11) is -3.48. The normalized spacial score (nSPS) is 22.6. The number of nitrogens with two attached hydrogens (primary N) is 1. The first-order valence-electron chi connectivity index (χ1n) is 10.4. The molecule has 1 aromatic heterocycles. The van der Waals surface area contributed by atoms with Gasteiger partial charge in [-0.2, -0.15) is 0 Å². The van der Waals surface area contributed by atoms with Crippen molar-refractivity contribution in [3.63, 3.8) is 0 Å². The van der Waals surface area contributed by atoms with Gasteiger partial charge in [0.25, 0.3) is 5.91 Å². The lowest BCUT2D eigenvalue weighted by molar-refractivity contribution is -0.123. The van der Waals surface area contributed by atoms with Crippen molar-refractivity contribution >= 4 is 33.0 Å². The third-order valence-electron chi connectivity index (χ3n) is 5.81. The molecule has 2 amide bonds. The minimum atomic E-state index is -3.48. The average Bonchev–Trinajstić information content (AvgIpc) is 3.39. The Morgan fingerprint density at radius 3 is 2.52 bits per heavy atom. The number of carbonyl (C=O) groups is 2. The molecule has 2 heterocycles.